The second kappa shape index (κ2) is 10.3. The Labute approximate surface area is 226 Å². The van der Waals surface area contributed by atoms with Gasteiger partial charge in [-0.2, -0.15) is 5.10 Å². The maximum Gasteiger partial charge on any atom is 0.137 e. The van der Waals surface area contributed by atoms with Crippen LogP contribution in [0, 0.1) is 0 Å². The molecule has 1 aromatic carbocycles. The lowest BCUT2D eigenvalue weighted by atomic mass is 10.1. The number of piperidine rings is 1. The van der Waals surface area contributed by atoms with Gasteiger partial charge in [-0.05, 0) is 60.7 Å². The number of hydrogen-bond donors (Lipinski definition) is 3. The lowest BCUT2D eigenvalue weighted by Crippen LogP contribution is -2.30. The lowest BCUT2D eigenvalue weighted by molar-refractivity contribution is 0.575. The fourth-order valence-corrected chi connectivity index (χ4v) is 5.44. The summed E-state index contributed by atoms with van der Waals surface area (Å²) in [5.74, 6) is 1.05. The first-order valence-electron chi connectivity index (χ1n) is 13.6. The quantitative estimate of drug-likeness (QED) is 0.247. The third-order valence-electron chi connectivity index (χ3n) is 7.44. The van der Waals surface area contributed by atoms with Crippen LogP contribution in [-0.4, -0.2) is 43.2 Å². The summed E-state index contributed by atoms with van der Waals surface area (Å²) in [7, 11) is 0. The molecule has 0 atom stereocenters. The summed E-state index contributed by atoms with van der Waals surface area (Å²) in [5.41, 5.74) is 8.77. The fraction of sp³-hybridized carbons (Fsp3) is 0.226. The van der Waals surface area contributed by atoms with Crippen LogP contribution >= 0.6 is 0 Å². The van der Waals surface area contributed by atoms with Crippen LogP contribution in [0.1, 0.15) is 30.4 Å². The summed E-state index contributed by atoms with van der Waals surface area (Å²) in [4.78, 5) is 20.2. The Morgan fingerprint density at radius 3 is 2.62 bits per heavy atom. The predicted molar refractivity (Wildman–Crippen MR) is 155 cm³/mol. The number of aromatic amines is 2. The molecule has 0 saturated carbocycles. The molecule has 0 amide bonds. The van der Waals surface area contributed by atoms with E-state index in [-0.39, 0.29) is 0 Å². The minimum Gasteiger partial charge on any atom is -0.356 e. The fourth-order valence-electron chi connectivity index (χ4n) is 5.44. The van der Waals surface area contributed by atoms with E-state index < -0.39 is 0 Å². The van der Waals surface area contributed by atoms with Gasteiger partial charge < -0.3 is 15.2 Å². The maximum atomic E-state index is 5.03. The van der Waals surface area contributed by atoms with Crippen molar-refractivity contribution < 1.29 is 0 Å². The number of rotatable bonds is 7. The Kier molecular flexibility index (Phi) is 6.22. The third-order valence-corrected chi connectivity index (χ3v) is 7.44. The minimum atomic E-state index is 0.734. The number of nitrogens with one attached hydrogen (secondary N) is 3. The first-order valence-corrected chi connectivity index (χ1v) is 13.6. The number of anilines is 1. The van der Waals surface area contributed by atoms with Gasteiger partial charge in [-0.3, -0.25) is 10.1 Å². The third kappa shape index (κ3) is 4.75. The average Bonchev–Trinajstić information content (AvgIpc) is 3.62. The second-order valence-electron chi connectivity index (χ2n) is 10.2. The standard InChI is InChI=1S/C31H30N8/c1-3-7-21(8-4-1)17-32-18-22-15-23(20-33-19-22)25-9-10-27-29(36-25)30(38-37-27)28-16-24-26(35-28)11-12-34-31(24)39-13-5-2-6-14-39/h1,3-4,7-12,15-16,19-20,32,35H,2,5-6,13-14,17-18H2,(H,37,38). The lowest BCUT2D eigenvalue weighted by Gasteiger charge is -2.28. The van der Waals surface area contributed by atoms with E-state index in [1.54, 1.807) is 0 Å². The minimum absolute atomic E-state index is 0.734. The summed E-state index contributed by atoms with van der Waals surface area (Å²) in [6.45, 7) is 3.65. The Morgan fingerprint density at radius 2 is 1.72 bits per heavy atom. The highest BCUT2D eigenvalue weighted by Gasteiger charge is 2.19. The molecule has 1 fully saturated rings. The van der Waals surface area contributed by atoms with Crippen LogP contribution in [-0.2, 0) is 13.1 Å². The van der Waals surface area contributed by atoms with E-state index in [2.05, 4.69) is 66.8 Å². The molecule has 8 heteroatoms. The van der Waals surface area contributed by atoms with Crippen molar-refractivity contribution in [2.24, 2.45) is 0 Å². The van der Waals surface area contributed by atoms with Gasteiger partial charge in [0.05, 0.1) is 22.4 Å². The van der Waals surface area contributed by atoms with Gasteiger partial charge in [0.1, 0.15) is 17.0 Å². The highest BCUT2D eigenvalue weighted by molar-refractivity contribution is 5.98. The van der Waals surface area contributed by atoms with Gasteiger partial charge in [0.25, 0.3) is 0 Å². The highest BCUT2D eigenvalue weighted by Crippen LogP contribution is 2.33. The van der Waals surface area contributed by atoms with Crippen molar-refractivity contribution in [3.8, 4) is 22.6 Å². The molecule has 5 aromatic heterocycles. The van der Waals surface area contributed by atoms with Gasteiger partial charge in [-0.1, -0.05) is 30.3 Å². The molecular formula is C31H30N8. The molecule has 6 aromatic rings. The van der Waals surface area contributed by atoms with E-state index in [1.165, 1.54) is 24.8 Å². The Balaban J connectivity index is 1.18. The Hall–Kier alpha value is -4.56. The predicted octanol–water partition coefficient (Wildman–Crippen LogP) is 5.84. The van der Waals surface area contributed by atoms with Gasteiger partial charge in [0.2, 0.25) is 0 Å². The molecule has 39 heavy (non-hydrogen) atoms. The van der Waals surface area contributed by atoms with Gasteiger partial charge >= 0.3 is 0 Å². The molecule has 0 radical (unpaired) electrons. The zero-order chi connectivity index (χ0) is 26.0. The van der Waals surface area contributed by atoms with E-state index in [0.29, 0.717) is 0 Å². The normalized spacial score (nSPS) is 13.9. The van der Waals surface area contributed by atoms with Gasteiger partial charge in [0.15, 0.2) is 0 Å². The molecule has 3 N–H and O–H groups in total. The van der Waals surface area contributed by atoms with Crippen molar-refractivity contribution in [3.63, 3.8) is 0 Å². The van der Waals surface area contributed by atoms with Crippen LogP contribution in [0.5, 0.6) is 0 Å². The molecule has 7 rings (SSSR count). The van der Waals surface area contributed by atoms with Crippen molar-refractivity contribution in [1.82, 2.24) is 35.5 Å². The van der Waals surface area contributed by atoms with Crippen LogP contribution in [0.2, 0.25) is 0 Å². The average molecular weight is 515 g/mol. The molecule has 6 heterocycles. The van der Waals surface area contributed by atoms with E-state index >= 15 is 0 Å². The SMILES string of the molecule is c1ccc(CNCc2cncc(-c3ccc4[nH]nc(-c5cc6c(N7CCCCC7)nccc6[nH]5)c4n3)c2)cc1. The maximum absolute atomic E-state index is 5.03. The number of fused-ring (bicyclic) bond motifs is 2. The van der Waals surface area contributed by atoms with Crippen LogP contribution in [0.3, 0.4) is 0 Å². The first kappa shape index (κ1) is 23.5. The van der Waals surface area contributed by atoms with Crippen LogP contribution in [0.15, 0.2) is 79.3 Å². The molecule has 0 spiro atoms. The zero-order valence-electron chi connectivity index (χ0n) is 21.7. The summed E-state index contributed by atoms with van der Waals surface area (Å²) < 4.78 is 0. The second-order valence-corrected chi connectivity index (χ2v) is 10.2. The van der Waals surface area contributed by atoms with Crippen molar-refractivity contribution >= 4 is 27.8 Å². The summed E-state index contributed by atoms with van der Waals surface area (Å²) in [6.07, 6.45) is 9.38. The smallest absolute Gasteiger partial charge is 0.137 e. The number of nitrogens with zero attached hydrogens (tertiary/aromatic N) is 5. The molecule has 0 bridgehead atoms. The molecule has 0 unspecified atom stereocenters. The molecule has 1 saturated heterocycles. The number of hydrogen-bond acceptors (Lipinski definition) is 6. The summed E-state index contributed by atoms with van der Waals surface area (Å²) in [5, 5.41) is 12.4. The molecule has 194 valence electrons. The Bertz CT molecular complexity index is 1730. The first-order chi connectivity index (χ1) is 19.3. The monoisotopic (exact) mass is 514 g/mol. The Morgan fingerprint density at radius 1 is 0.846 bits per heavy atom. The van der Waals surface area contributed by atoms with E-state index in [9.17, 15) is 0 Å². The van der Waals surface area contributed by atoms with Gasteiger partial charge in [-0.25, -0.2) is 9.97 Å². The topological polar surface area (TPSA) is 98.4 Å². The van der Waals surface area contributed by atoms with E-state index in [1.807, 2.05) is 42.9 Å². The van der Waals surface area contributed by atoms with Gasteiger partial charge in [0, 0.05) is 55.7 Å². The number of aromatic nitrogens is 6. The molecular weight excluding hydrogens is 484 g/mol. The van der Waals surface area contributed by atoms with Crippen molar-refractivity contribution in [3.05, 3.63) is 90.4 Å². The van der Waals surface area contributed by atoms with E-state index in [4.69, 9.17) is 9.97 Å². The summed E-state index contributed by atoms with van der Waals surface area (Å²) >= 11 is 0. The number of benzene rings is 1. The molecule has 1 aliphatic heterocycles. The number of pyridine rings is 3. The number of H-pyrrole nitrogens is 2. The zero-order valence-corrected chi connectivity index (χ0v) is 21.7. The largest absolute Gasteiger partial charge is 0.356 e. The van der Waals surface area contributed by atoms with Crippen LogP contribution in [0.25, 0.3) is 44.6 Å². The van der Waals surface area contributed by atoms with Crippen LogP contribution < -0.4 is 10.2 Å². The van der Waals surface area contributed by atoms with Gasteiger partial charge in [-0.15, -0.1) is 0 Å². The van der Waals surface area contributed by atoms with Crippen molar-refractivity contribution in [1.29, 1.82) is 0 Å². The molecule has 1 aliphatic rings. The van der Waals surface area contributed by atoms with Crippen LogP contribution in [0.4, 0.5) is 5.82 Å². The van der Waals surface area contributed by atoms with E-state index in [0.717, 1.165) is 82.1 Å². The summed E-state index contributed by atoms with van der Waals surface area (Å²) in [6, 6.07) is 20.8. The molecule has 0 aliphatic carbocycles. The van der Waals surface area contributed by atoms with Crippen molar-refractivity contribution in [2.45, 2.75) is 32.4 Å². The van der Waals surface area contributed by atoms with Crippen molar-refractivity contribution in [2.75, 3.05) is 18.0 Å². The molecule has 8 nitrogen and oxygen atoms in total. The highest BCUT2D eigenvalue weighted by atomic mass is 15.2.